The standard InChI is InChI=1S/C14H22BrNO2/c1-4-7-16-10-14(2,17)9-11-5-6-13(18-3)12(15)8-11/h5-6,8,16-17H,4,7,9-10H2,1-3H3. The topological polar surface area (TPSA) is 41.5 Å². The number of methoxy groups -OCH3 is 1. The van der Waals surface area contributed by atoms with Crippen LogP contribution >= 0.6 is 15.9 Å². The lowest BCUT2D eigenvalue weighted by Gasteiger charge is -2.24. The van der Waals surface area contributed by atoms with Crippen LogP contribution in [0.25, 0.3) is 0 Å². The van der Waals surface area contributed by atoms with Crippen molar-refractivity contribution in [2.75, 3.05) is 20.2 Å². The van der Waals surface area contributed by atoms with E-state index in [2.05, 4.69) is 28.2 Å². The molecule has 1 atom stereocenters. The summed E-state index contributed by atoms with van der Waals surface area (Å²) in [5.74, 6) is 0.808. The summed E-state index contributed by atoms with van der Waals surface area (Å²) in [6.07, 6.45) is 1.69. The Morgan fingerprint density at radius 2 is 2.17 bits per heavy atom. The molecule has 0 radical (unpaired) electrons. The summed E-state index contributed by atoms with van der Waals surface area (Å²) in [4.78, 5) is 0. The van der Waals surface area contributed by atoms with Crippen molar-refractivity contribution in [3.63, 3.8) is 0 Å². The van der Waals surface area contributed by atoms with Gasteiger partial charge in [-0.3, -0.25) is 0 Å². The van der Waals surface area contributed by atoms with Crippen LogP contribution in [-0.4, -0.2) is 30.9 Å². The maximum absolute atomic E-state index is 10.3. The zero-order chi connectivity index (χ0) is 13.6. The molecule has 2 N–H and O–H groups in total. The molecule has 0 fully saturated rings. The SMILES string of the molecule is CCCNCC(C)(O)Cc1ccc(OC)c(Br)c1. The molecular formula is C14H22BrNO2. The fraction of sp³-hybridized carbons (Fsp3) is 0.571. The first-order valence-electron chi connectivity index (χ1n) is 6.24. The van der Waals surface area contributed by atoms with E-state index in [1.165, 1.54) is 0 Å². The Morgan fingerprint density at radius 3 is 2.72 bits per heavy atom. The Bertz CT molecular complexity index is 380. The van der Waals surface area contributed by atoms with Crippen molar-refractivity contribution in [3.05, 3.63) is 28.2 Å². The van der Waals surface area contributed by atoms with Crippen molar-refractivity contribution in [3.8, 4) is 5.75 Å². The van der Waals surface area contributed by atoms with Crippen molar-refractivity contribution in [1.82, 2.24) is 5.32 Å². The van der Waals surface area contributed by atoms with Gasteiger partial charge in [-0.05, 0) is 53.5 Å². The lowest BCUT2D eigenvalue weighted by molar-refractivity contribution is 0.0603. The lowest BCUT2D eigenvalue weighted by Crippen LogP contribution is -2.40. The Hall–Kier alpha value is -0.580. The number of hydrogen-bond donors (Lipinski definition) is 2. The number of hydrogen-bond acceptors (Lipinski definition) is 3. The van der Waals surface area contributed by atoms with Crippen LogP contribution in [0.5, 0.6) is 5.75 Å². The molecule has 0 saturated carbocycles. The van der Waals surface area contributed by atoms with Gasteiger partial charge in [0.25, 0.3) is 0 Å². The van der Waals surface area contributed by atoms with Gasteiger partial charge in [0, 0.05) is 13.0 Å². The maximum atomic E-state index is 10.3. The Labute approximate surface area is 118 Å². The van der Waals surface area contributed by atoms with Gasteiger partial charge < -0.3 is 15.2 Å². The lowest BCUT2D eigenvalue weighted by atomic mass is 9.96. The van der Waals surface area contributed by atoms with E-state index in [0.717, 1.165) is 28.8 Å². The van der Waals surface area contributed by atoms with Gasteiger partial charge in [-0.15, -0.1) is 0 Å². The molecule has 0 heterocycles. The molecule has 1 unspecified atom stereocenters. The average molecular weight is 316 g/mol. The number of benzene rings is 1. The van der Waals surface area contributed by atoms with E-state index in [9.17, 15) is 5.11 Å². The van der Waals surface area contributed by atoms with Crippen molar-refractivity contribution in [2.24, 2.45) is 0 Å². The van der Waals surface area contributed by atoms with E-state index in [1.807, 2.05) is 25.1 Å². The van der Waals surface area contributed by atoms with Crippen molar-refractivity contribution in [2.45, 2.75) is 32.3 Å². The molecule has 0 bridgehead atoms. The first kappa shape index (κ1) is 15.5. The van der Waals surface area contributed by atoms with Gasteiger partial charge in [-0.2, -0.15) is 0 Å². The zero-order valence-corrected chi connectivity index (χ0v) is 12.9. The predicted octanol–water partition coefficient (Wildman–Crippen LogP) is 2.75. The normalized spacial score (nSPS) is 14.3. The number of nitrogens with one attached hydrogen (secondary N) is 1. The van der Waals surface area contributed by atoms with Crippen molar-refractivity contribution in [1.29, 1.82) is 0 Å². The minimum absolute atomic E-state index is 0.602. The van der Waals surface area contributed by atoms with Gasteiger partial charge in [0.2, 0.25) is 0 Å². The zero-order valence-electron chi connectivity index (χ0n) is 11.3. The number of halogens is 1. The summed E-state index contributed by atoms with van der Waals surface area (Å²) in [5.41, 5.74) is 0.356. The summed E-state index contributed by atoms with van der Waals surface area (Å²) >= 11 is 3.46. The highest BCUT2D eigenvalue weighted by atomic mass is 79.9. The molecule has 18 heavy (non-hydrogen) atoms. The van der Waals surface area contributed by atoms with E-state index in [4.69, 9.17) is 4.74 Å². The van der Waals surface area contributed by atoms with Crippen LogP contribution in [0.15, 0.2) is 22.7 Å². The minimum atomic E-state index is -0.733. The van der Waals surface area contributed by atoms with Crippen molar-refractivity contribution < 1.29 is 9.84 Å². The van der Waals surface area contributed by atoms with Crippen LogP contribution in [0.3, 0.4) is 0 Å². The molecule has 3 nitrogen and oxygen atoms in total. The first-order valence-corrected chi connectivity index (χ1v) is 7.03. The third-order valence-corrected chi connectivity index (χ3v) is 3.35. The fourth-order valence-electron chi connectivity index (χ4n) is 1.86. The molecule has 102 valence electrons. The quantitative estimate of drug-likeness (QED) is 0.760. The van der Waals surface area contributed by atoms with Gasteiger partial charge in [0.1, 0.15) is 5.75 Å². The van der Waals surface area contributed by atoms with Crippen LogP contribution in [0.4, 0.5) is 0 Å². The molecule has 0 aromatic heterocycles. The van der Waals surface area contributed by atoms with Crippen LogP contribution in [-0.2, 0) is 6.42 Å². The Kier molecular flexibility index (Phi) is 6.12. The number of aliphatic hydroxyl groups is 1. The summed E-state index contributed by atoms with van der Waals surface area (Å²) in [7, 11) is 1.64. The third-order valence-electron chi connectivity index (χ3n) is 2.73. The summed E-state index contributed by atoms with van der Waals surface area (Å²) in [5, 5.41) is 13.5. The molecule has 0 aliphatic heterocycles. The molecule has 1 rings (SSSR count). The molecule has 0 aliphatic carbocycles. The van der Waals surface area contributed by atoms with E-state index in [-0.39, 0.29) is 0 Å². The summed E-state index contributed by atoms with van der Waals surface area (Å²) in [6, 6.07) is 5.89. The van der Waals surface area contributed by atoms with Gasteiger partial charge >= 0.3 is 0 Å². The second-order valence-corrected chi connectivity index (χ2v) is 5.67. The molecule has 0 amide bonds. The minimum Gasteiger partial charge on any atom is -0.496 e. The monoisotopic (exact) mass is 315 g/mol. The van der Waals surface area contributed by atoms with Crippen LogP contribution in [0, 0.1) is 0 Å². The predicted molar refractivity (Wildman–Crippen MR) is 78.2 cm³/mol. The van der Waals surface area contributed by atoms with E-state index >= 15 is 0 Å². The summed E-state index contributed by atoms with van der Waals surface area (Å²) in [6.45, 7) is 5.50. The fourth-order valence-corrected chi connectivity index (χ4v) is 2.44. The van der Waals surface area contributed by atoms with Crippen LogP contribution in [0.1, 0.15) is 25.8 Å². The summed E-state index contributed by atoms with van der Waals surface area (Å²) < 4.78 is 6.10. The van der Waals surface area contributed by atoms with Crippen LogP contribution < -0.4 is 10.1 Å². The number of rotatable bonds is 7. The van der Waals surface area contributed by atoms with E-state index < -0.39 is 5.60 Å². The highest BCUT2D eigenvalue weighted by Gasteiger charge is 2.20. The first-order chi connectivity index (χ1) is 8.48. The highest BCUT2D eigenvalue weighted by molar-refractivity contribution is 9.10. The van der Waals surface area contributed by atoms with E-state index in [1.54, 1.807) is 7.11 Å². The molecule has 4 heteroatoms. The van der Waals surface area contributed by atoms with Gasteiger partial charge in [-0.25, -0.2) is 0 Å². The second kappa shape index (κ2) is 7.12. The third kappa shape index (κ3) is 4.96. The Morgan fingerprint density at radius 1 is 1.44 bits per heavy atom. The molecular weight excluding hydrogens is 294 g/mol. The number of ether oxygens (including phenoxy) is 1. The molecule has 0 aliphatic rings. The van der Waals surface area contributed by atoms with Crippen molar-refractivity contribution >= 4 is 15.9 Å². The Balaban J connectivity index is 2.62. The smallest absolute Gasteiger partial charge is 0.133 e. The van der Waals surface area contributed by atoms with Gasteiger partial charge in [0.05, 0.1) is 17.2 Å². The molecule has 0 spiro atoms. The molecule has 0 saturated heterocycles. The second-order valence-electron chi connectivity index (χ2n) is 4.82. The van der Waals surface area contributed by atoms with Crippen LogP contribution in [0.2, 0.25) is 0 Å². The molecule has 1 aromatic carbocycles. The van der Waals surface area contributed by atoms with E-state index in [0.29, 0.717) is 13.0 Å². The van der Waals surface area contributed by atoms with Gasteiger partial charge in [0.15, 0.2) is 0 Å². The maximum Gasteiger partial charge on any atom is 0.133 e. The van der Waals surface area contributed by atoms with Gasteiger partial charge in [-0.1, -0.05) is 13.0 Å². The largest absolute Gasteiger partial charge is 0.496 e. The highest BCUT2D eigenvalue weighted by Crippen LogP contribution is 2.27. The molecule has 1 aromatic rings. The average Bonchev–Trinajstić information content (AvgIpc) is 2.29.